The molecule has 112 valence electrons. The standard InChI is InChI=1S/C18H30N2/c1-18(2)12-10-16(19-3)17(14-18)20(4)13-11-15-8-6-5-7-9-15/h5-9,16-17,19H,10-14H2,1-4H3. The molecule has 2 heteroatoms. The lowest BCUT2D eigenvalue weighted by molar-refractivity contribution is 0.0856. The fourth-order valence-electron chi connectivity index (χ4n) is 3.46. The Hall–Kier alpha value is -0.860. The van der Waals surface area contributed by atoms with Gasteiger partial charge in [-0.3, -0.25) is 0 Å². The number of hydrogen-bond acceptors (Lipinski definition) is 2. The largest absolute Gasteiger partial charge is 0.315 e. The monoisotopic (exact) mass is 274 g/mol. The molecule has 1 aliphatic rings. The van der Waals surface area contributed by atoms with Gasteiger partial charge < -0.3 is 10.2 Å². The number of likely N-dealkylation sites (N-methyl/N-ethyl adjacent to an activating group) is 2. The fraction of sp³-hybridized carbons (Fsp3) is 0.667. The predicted molar refractivity (Wildman–Crippen MR) is 87.0 cm³/mol. The van der Waals surface area contributed by atoms with E-state index in [9.17, 15) is 0 Å². The first-order valence-electron chi connectivity index (χ1n) is 7.93. The summed E-state index contributed by atoms with van der Waals surface area (Å²) in [6, 6.07) is 12.1. The number of rotatable bonds is 5. The Labute approximate surface area is 124 Å². The molecular weight excluding hydrogens is 244 g/mol. The average molecular weight is 274 g/mol. The van der Waals surface area contributed by atoms with Crippen LogP contribution in [0.2, 0.25) is 0 Å². The van der Waals surface area contributed by atoms with E-state index in [-0.39, 0.29) is 0 Å². The molecule has 0 saturated heterocycles. The first kappa shape index (κ1) is 15.5. The summed E-state index contributed by atoms with van der Waals surface area (Å²) in [4.78, 5) is 2.56. The van der Waals surface area contributed by atoms with Gasteiger partial charge in [0.1, 0.15) is 0 Å². The van der Waals surface area contributed by atoms with Crippen LogP contribution in [-0.4, -0.2) is 37.6 Å². The molecule has 1 aliphatic carbocycles. The van der Waals surface area contributed by atoms with Gasteiger partial charge in [-0.2, -0.15) is 0 Å². The van der Waals surface area contributed by atoms with Crippen molar-refractivity contribution in [2.24, 2.45) is 5.41 Å². The van der Waals surface area contributed by atoms with Crippen molar-refractivity contribution in [3.8, 4) is 0 Å². The lowest BCUT2D eigenvalue weighted by Gasteiger charge is -2.45. The third-order valence-corrected chi connectivity index (χ3v) is 4.89. The van der Waals surface area contributed by atoms with E-state index in [1.165, 1.54) is 24.8 Å². The minimum absolute atomic E-state index is 0.485. The van der Waals surface area contributed by atoms with Crippen LogP contribution in [-0.2, 0) is 6.42 Å². The molecular formula is C18H30N2. The Morgan fingerprint density at radius 2 is 1.95 bits per heavy atom. The molecule has 0 aromatic heterocycles. The molecule has 0 bridgehead atoms. The number of hydrogen-bond donors (Lipinski definition) is 1. The van der Waals surface area contributed by atoms with Gasteiger partial charge in [0, 0.05) is 18.6 Å². The highest BCUT2D eigenvalue weighted by Crippen LogP contribution is 2.37. The minimum atomic E-state index is 0.485. The van der Waals surface area contributed by atoms with Gasteiger partial charge in [-0.15, -0.1) is 0 Å². The Kier molecular flexibility index (Phi) is 5.22. The molecule has 2 nitrogen and oxygen atoms in total. The maximum Gasteiger partial charge on any atom is 0.0251 e. The first-order valence-corrected chi connectivity index (χ1v) is 7.93. The molecule has 1 fully saturated rings. The van der Waals surface area contributed by atoms with Crippen LogP contribution in [0.5, 0.6) is 0 Å². The highest BCUT2D eigenvalue weighted by atomic mass is 15.2. The normalized spacial score (nSPS) is 25.9. The maximum absolute atomic E-state index is 3.53. The zero-order valence-electron chi connectivity index (χ0n) is 13.5. The summed E-state index contributed by atoms with van der Waals surface area (Å²) in [5.74, 6) is 0. The van der Waals surface area contributed by atoms with E-state index >= 15 is 0 Å². The van der Waals surface area contributed by atoms with Gasteiger partial charge in [-0.05, 0) is 50.8 Å². The first-order chi connectivity index (χ1) is 9.52. The van der Waals surface area contributed by atoms with E-state index in [4.69, 9.17) is 0 Å². The number of nitrogens with zero attached hydrogens (tertiary/aromatic N) is 1. The van der Waals surface area contributed by atoms with Crippen LogP contribution in [0, 0.1) is 5.41 Å². The lowest BCUT2D eigenvalue weighted by Crippen LogP contribution is -2.53. The third kappa shape index (κ3) is 4.07. The van der Waals surface area contributed by atoms with Crippen molar-refractivity contribution in [2.45, 2.75) is 51.6 Å². The van der Waals surface area contributed by atoms with Gasteiger partial charge in [0.25, 0.3) is 0 Å². The van der Waals surface area contributed by atoms with Crippen molar-refractivity contribution in [1.29, 1.82) is 0 Å². The Morgan fingerprint density at radius 1 is 1.25 bits per heavy atom. The van der Waals surface area contributed by atoms with Crippen LogP contribution < -0.4 is 5.32 Å². The zero-order valence-corrected chi connectivity index (χ0v) is 13.5. The molecule has 0 aliphatic heterocycles. The molecule has 0 radical (unpaired) electrons. The second-order valence-electron chi connectivity index (χ2n) is 7.09. The molecule has 1 aromatic rings. The molecule has 0 spiro atoms. The van der Waals surface area contributed by atoms with Crippen molar-refractivity contribution in [3.63, 3.8) is 0 Å². The molecule has 1 N–H and O–H groups in total. The topological polar surface area (TPSA) is 15.3 Å². The van der Waals surface area contributed by atoms with Crippen LogP contribution in [0.15, 0.2) is 30.3 Å². The van der Waals surface area contributed by atoms with Gasteiger partial charge in [-0.1, -0.05) is 44.2 Å². The second-order valence-corrected chi connectivity index (χ2v) is 7.09. The van der Waals surface area contributed by atoms with E-state index in [2.05, 4.69) is 68.5 Å². The molecule has 1 aromatic carbocycles. The number of benzene rings is 1. The second kappa shape index (κ2) is 6.73. The van der Waals surface area contributed by atoms with Gasteiger partial charge in [0.05, 0.1) is 0 Å². The summed E-state index contributed by atoms with van der Waals surface area (Å²) in [7, 11) is 4.40. The Bertz CT molecular complexity index is 399. The molecule has 0 amide bonds. The number of nitrogens with one attached hydrogen (secondary N) is 1. The Morgan fingerprint density at radius 3 is 2.60 bits per heavy atom. The van der Waals surface area contributed by atoms with Gasteiger partial charge in [0.2, 0.25) is 0 Å². The SMILES string of the molecule is CNC1CCC(C)(C)CC1N(C)CCc1ccccc1. The van der Waals surface area contributed by atoms with Crippen molar-refractivity contribution < 1.29 is 0 Å². The van der Waals surface area contributed by atoms with Gasteiger partial charge in [0.15, 0.2) is 0 Å². The zero-order chi connectivity index (χ0) is 14.6. The van der Waals surface area contributed by atoms with Crippen LogP contribution in [0.1, 0.15) is 38.7 Å². The summed E-state index contributed by atoms with van der Waals surface area (Å²) >= 11 is 0. The van der Waals surface area contributed by atoms with Crippen molar-refractivity contribution in [1.82, 2.24) is 10.2 Å². The summed E-state index contributed by atoms with van der Waals surface area (Å²) < 4.78 is 0. The van der Waals surface area contributed by atoms with Crippen molar-refractivity contribution in [2.75, 3.05) is 20.6 Å². The summed E-state index contributed by atoms with van der Waals surface area (Å²) in [5.41, 5.74) is 1.93. The van der Waals surface area contributed by atoms with Crippen molar-refractivity contribution in [3.05, 3.63) is 35.9 Å². The van der Waals surface area contributed by atoms with E-state index < -0.39 is 0 Å². The Balaban J connectivity index is 1.93. The van der Waals surface area contributed by atoms with Gasteiger partial charge in [-0.25, -0.2) is 0 Å². The van der Waals surface area contributed by atoms with E-state index in [1.807, 2.05) is 0 Å². The molecule has 20 heavy (non-hydrogen) atoms. The molecule has 1 saturated carbocycles. The molecule has 2 rings (SSSR count). The third-order valence-electron chi connectivity index (χ3n) is 4.89. The van der Waals surface area contributed by atoms with Crippen LogP contribution in [0.4, 0.5) is 0 Å². The van der Waals surface area contributed by atoms with Crippen LogP contribution in [0.25, 0.3) is 0 Å². The van der Waals surface area contributed by atoms with E-state index in [1.54, 1.807) is 0 Å². The quantitative estimate of drug-likeness (QED) is 0.886. The molecule has 2 unspecified atom stereocenters. The molecule has 0 heterocycles. The summed E-state index contributed by atoms with van der Waals surface area (Å²) in [6.45, 7) is 5.97. The smallest absolute Gasteiger partial charge is 0.0251 e. The summed E-state index contributed by atoms with van der Waals surface area (Å²) in [6.07, 6.45) is 5.07. The fourth-order valence-corrected chi connectivity index (χ4v) is 3.46. The average Bonchev–Trinajstić information content (AvgIpc) is 2.45. The van der Waals surface area contributed by atoms with Crippen LogP contribution in [0.3, 0.4) is 0 Å². The highest BCUT2D eigenvalue weighted by Gasteiger charge is 2.35. The van der Waals surface area contributed by atoms with Crippen molar-refractivity contribution >= 4 is 0 Å². The van der Waals surface area contributed by atoms with E-state index in [0.717, 1.165) is 13.0 Å². The van der Waals surface area contributed by atoms with Crippen LogP contribution >= 0.6 is 0 Å². The highest BCUT2D eigenvalue weighted by molar-refractivity contribution is 5.15. The van der Waals surface area contributed by atoms with E-state index in [0.29, 0.717) is 17.5 Å². The predicted octanol–water partition coefficient (Wildman–Crippen LogP) is 3.33. The van der Waals surface area contributed by atoms with Gasteiger partial charge >= 0.3 is 0 Å². The molecule has 2 atom stereocenters. The minimum Gasteiger partial charge on any atom is -0.315 e. The lowest BCUT2D eigenvalue weighted by atomic mass is 9.72. The maximum atomic E-state index is 3.53. The summed E-state index contributed by atoms with van der Waals surface area (Å²) in [5, 5.41) is 3.53.